The van der Waals surface area contributed by atoms with Crippen LogP contribution in [0.4, 0.5) is 0 Å². The van der Waals surface area contributed by atoms with Crippen molar-refractivity contribution in [3.63, 3.8) is 0 Å². The fourth-order valence-electron chi connectivity index (χ4n) is 6.91. The zero-order valence-corrected chi connectivity index (χ0v) is 24.0. The summed E-state index contributed by atoms with van der Waals surface area (Å²) in [5.74, 6) is -1.34. The summed E-state index contributed by atoms with van der Waals surface area (Å²) in [5, 5.41) is 19.2. The van der Waals surface area contributed by atoms with Crippen LogP contribution in [0.5, 0.6) is 0 Å². The summed E-state index contributed by atoms with van der Waals surface area (Å²) in [7, 11) is 0. The Bertz CT molecular complexity index is 1230. The van der Waals surface area contributed by atoms with Crippen molar-refractivity contribution in [2.24, 2.45) is 5.92 Å². The van der Waals surface area contributed by atoms with Gasteiger partial charge in [-0.3, -0.25) is 14.4 Å². The zero-order chi connectivity index (χ0) is 29.5. The van der Waals surface area contributed by atoms with Gasteiger partial charge in [0, 0.05) is 31.5 Å². The molecule has 3 fully saturated rings. The molecule has 0 radical (unpaired) electrons. The molecule has 0 aromatic heterocycles. The Labute approximate surface area is 247 Å². The molecule has 3 amide bonds. The van der Waals surface area contributed by atoms with Gasteiger partial charge in [0.05, 0.1) is 6.04 Å². The highest BCUT2D eigenvalue weighted by Crippen LogP contribution is 2.33. The van der Waals surface area contributed by atoms with Crippen molar-refractivity contribution in [2.75, 3.05) is 6.54 Å². The molecule has 3 aliphatic rings. The van der Waals surface area contributed by atoms with E-state index >= 15 is 0 Å². The number of carbonyl (C=O) groups is 4. The minimum absolute atomic E-state index is 0.00113. The molecule has 42 heavy (non-hydrogen) atoms. The fourth-order valence-corrected chi connectivity index (χ4v) is 6.91. The molecule has 0 bridgehead atoms. The molecule has 2 aliphatic heterocycles. The third-order valence-corrected chi connectivity index (χ3v) is 9.02. The normalized spacial score (nSPS) is 24.8. The van der Waals surface area contributed by atoms with Gasteiger partial charge in [-0.25, -0.2) is 4.79 Å². The number of aliphatic carboxylic acids is 1. The third-order valence-electron chi connectivity index (χ3n) is 9.02. The van der Waals surface area contributed by atoms with E-state index in [1.165, 1.54) is 17.7 Å². The van der Waals surface area contributed by atoms with E-state index in [1.54, 1.807) is 0 Å². The van der Waals surface area contributed by atoms with Gasteiger partial charge in [-0.15, -0.1) is 0 Å². The van der Waals surface area contributed by atoms with Gasteiger partial charge >= 0.3 is 5.97 Å². The average Bonchev–Trinajstić information content (AvgIpc) is 3.66. The molecular formula is C33H42N4O5. The Hall–Kier alpha value is -3.72. The number of carboxylic acids is 1. The minimum Gasteiger partial charge on any atom is -0.480 e. The smallest absolute Gasteiger partial charge is 0.326 e. The molecule has 1 saturated carbocycles. The van der Waals surface area contributed by atoms with Crippen LogP contribution in [0.1, 0.15) is 62.5 Å². The second-order valence-corrected chi connectivity index (χ2v) is 12.0. The van der Waals surface area contributed by atoms with E-state index in [-0.39, 0.29) is 30.7 Å². The predicted octanol–water partition coefficient (Wildman–Crippen LogP) is 2.83. The molecule has 4 N–H and O–H groups in total. The summed E-state index contributed by atoms with van der Waals surface area (Å²) in [5.41, 5.74) is 1.87. The van der Waals surface area contributed by atoms with Gasteiger partial charge in [-0.2, -0.15) is 0 Å². The lowest BCUT2D eigenvalue weighted by Gasteiger charge is -2.28. The van der Waals surface area contributed by atoms with Gasteiger partial charge in [-0.1, -0.05) is 73.5 Å². The summed E-state index contributed by atoms with van der Waals surface area (Å²) in [6.45, 7) is 0.347. The number of likely N-dealkylation sites (tertiary alicyclic amines) is 1. The topological polar surface area (TPSA) is 128 Å². The molecule has 2 aromatic carbocycles. The molecule has 2 saturated heterocycles. The van der Waals surface area contributed by atoms with Crippen LogP contribution in [0.2, 0.25) is 0 Å². The lowest BCUT2D eigenvalue weighted by Crippen LogP contribution is -2.54. The Morgan fingerprint density at radius 3 is 2.19 bits per heavy atom. The number of benzene rings is 2. The number of carboxylic acid groups (broad SMARTS) is 1. The lowest BCUT2D eigenvalue weighted by atomic mass is 9.85. The largest absolute Gasteiger partial charge is 0.480 e. The highest BCUT2D eigenvalue weighted by atomic mass is 16.4. The monoisotopic (exact) mass is 574 g/mol. The number of fused-ring (bicyclic) bond motifs is 1. The molecule has 2 aromatic rings. The second-order valence-electron chi connectivity index (χ2n) is 12.0. The van der Waals surface area contributed by atoms with Crippen molar-refractivity contribution < 1.29 is 24.3 Å². The van der Waals surface area contributed by atoms with Gasteiger partial charge in [0.15, 0.2) is 0 Å². The van der Waals surface area contributed by atoms with Crippen molar-refractivity contribution >= 4 is 23.7 Å². The molecule has 5 rings (SSSR count). The van der Waals surface area contributed by atoms with E-state index in [4.69, 9.17) is 0 Å². The summed E-state index contributed by atoms with van der Waals surface area (Å²) in [4.78, 5) is 53.7. The Morgan fingerprint density at radius 2 is 1.52 bits per heavy atom. The van der Waals surface area contributed by atoms with E-state index in [0.29, 0.717) is 37.8 Å². The van der Waals surface area contributed by atoms with Crippen LogP contribution in [0.3, 0.4) is 0 Å². The van der Waals surface area contributed by atoms with Crippen molar-refractivity contribution in [1.29, 1.82) is 0 Å². The number of rotatable bonds is 11. The summed E-state index contributed by atoms with van der Waals surface area (Å²) in [6, 6.07) is 17.0. The minimum atomic E-state index is -1.03. The highest BCUT2D eigenvalue weighted by molar-refractivity contribution is 5.91. The van der Waals surface area contributed by atoms with E-state index in [1.807, 2.05) is 60.7 Å². The van der Waals surface area contributed by atoms with E-state index < -0.39 is 30.0 Å². The van der Waals surface area contributed by atoms with Crippen molar-refractivity contribution in [3.8, 4) is 0 Å². The molecule has 6 atom stereocenters. The standard InChI is InChI=1S/C33H42N4O5/c38-30(36-28(19-23-12-5-2-6-13-23)32(40)37-17-9-16-29(37)33(41)42)21-25(18-22-10-3-1-4-11-22)34-31(39)27-20-24-14-7-8-15-26(24)35-27/h1-6,10-13,24-29,35H,7-9,14-21H2,(H,34,39)(H,36,38)(H,41,42). The predicted molar refractivity (Wildman–Crippen MR) is 158 cm³/mol. The van der Waals surface area contributed by atoms with Gasteiger partial charge in [0.25, 0.3) is 0 Å². The van der Waals surface area contributed by atoms with E-state index in [0.717, 1.165) is 30.4 Å². The number of nitrogens with zero attached hydrogens (tertiary/aromatic N) is 1. The highest BCUT2D eigenvalue weighted by Gasteiger charge is 2.40. The first-order valence-corrected chi connectivity index (χ1v) is 15.3. The van der Waals surface area contributed by atoms with Crippen molar-refractivity contribution in [3.05, 3.63) is 71.8 Å². The van der Waals surface area contributed by atoms with Crippen LogP contribution in [0.25, 0.3) is 0 Å². The van der Waals surface area contributed by atoms with Crippen LogP contribution in [0, 0.1) is 5.92 Å². The van der Waals surface area contributed by atoms with Crippen molar-refractivity contribution in [2.45, 2.75) is 94.4 Å². The molecule has 9 heteroatoms. The number of carbonyl (C=O) groups excluding carboxylic acids is 3. The Balaban J connectivity index is 1.28. The van der Waals surface area contributed by atoms with Crippen molar-refractivity contribution in [1.82, 2.24) is 20.9 Å². The maximum atomic E-state index is 13.6. The SMILES string of the molecule is O=C(CC(Cc1ccccc1)NC(=O)C1CC2CCCCC2N1)NC(Cc1ccccc1)C(=O)N1CCCC1C(=O)O. The second kappa shape index (κ2) is 14.0. The van der Waals surface area contributed by atoms with E-state index in [9.17, 15) is 24.3 Å². The fraction of sp³-hybridized carbons (Fsp3) is 0.515. The maximum Gasteiger partial charge on any atom is 0.326 e. The maximum absolute atomic E-state index is 13.6. The molecule has 224 valence electrons. The quantitative estimate of drug-likeness (QED) is 0.327. The molecule has 1 aliphatic carbocycles. The first kappa shape index (κ1) is 29.8. The number of hydrogen-bond acceptors (Lipinski definition) is 5. The van der Waals surface area contributed by atoms with Gasteiger partial charge in [0.2, 0.25) is 17.7 Å². The summed E-state index contributed by atoms with van der Waals surface area (Å²) in [6.07, 6.45) is 7.19. The van der Waals surface area contributed by atoms with Gasteiger partial charge in [0.1, 0.15) is 12.1 Å². The zero-order valence-electron chi connectivity index (χ0n) is 24.0. The number of amides is 3. The van der Waals surface area contributed by atoms with Crippen LogP contribution < -0.4 is 16.0 Å². The van der Waals surface area contributed by atoms with Gasteiger partial charge < -0.3 is 26.0 Å². The van der Waals surface area contributed by atoms with Crippen LogP contribution >= 0.6 is 0 Å². The van der Waals surface area contributed by atoms with Crippen LogP contribution in [0.15, 0.2) is 60.7 Å². The Kier molecular flexibility index (Phi) is 9.89. The lowest BCUT2D eigenvalue weighted by molar-refractivity contribution is -0.149. The summed E-state index contributed by atoms with van der Waals surface area (Å²) < 4.78 is 0. The Morgan fingerprint density at radius 1 is 0.857 bits per heavy atom. The van der Waals surface area contributed by atoms with Crippen LogP contribution in [-0.4, -0.2) is 70.5 Å². The third kappa shape index (κ3) is 7.56. The average molecular weight is 575 g/mol. The first-order valence-electron chi connectivity index (χ1n) is 15.3. The van der Waals surface area contributed by atoms with E-state index in [2.05, 4.69) is 16.0 Å². The molecule has 6 unspecified atom stereocenters. The molecule has 0 spiro atoms. The molecule has 2 heterocycles. The summed E-state index contributed by atoms with van der Waals surface area (Å²) >= 11 is 0. The van der Waals surface area contributed by atoms with Crippen LogP contribution in [-0.2, 0) is 32.0 Å². The molecular weight excluding hydrogens is 532 g/mol. The van der Waals surface area contributed by atoms with Gasteiger partial charge in [-0.05, 0) is 55.6 Å². The first-order chi connectivity index (χ1) is 20.4. The molecule has 9 nitrogen and oxygen atoms in total. The number of hydrogen-bond donors (Lipinski definition) is 4. The number of nitrogens with one attached hydrogen (secondary N) is 3.